The third-order valence-electron chi connectivity index (χ3n) is 4.17. The maximum atomic E-state index is 12.3. The number of hydrogen-bond donors (Lipinski definition) is 0. The van der Waals surface area contributed by atoms with Crippen molar-refractivity contribution in [1.29, 1.82) is 0 Å². The quantitative estimate of drug-likeness (QED) is 0.413. The number of hydrogen-bond acceptors (Lipinski definition) is 8. The summed E-state index contributed by atoms with van der Waals surface area (Å²) in [6.07, 6.45) is 0.423. The molecule has 0 N–H and O–H groups in total. The van der Waals surface area contributed by atoms with Gasteiger partial charge in [-0.25, -0.2) is 9.59 Å². The molecule has 0 aromatic rings. The summed E-state index contributed by atoms with van der Waals surface area (Å²) in [6.45, 7) is 3.38. The van der Waals surface area contributed by atoms with Crippen molar-refractivity contribution >= 4 is 23.9 Å². The van der Waals surface area contributed by atoms with Crippen LogP contribution in [0.1, 0.15) is 26.7 Å². The summed E-state index contributed by atoms with van der Waals surface area (Å²) in [6, 6.07) is 0. The van der Waals surface area contributed by atoms with Crippen LogP contribution in [-0.2, 0) is 38.1 Å². The van der Waals surface area contributed by atoms with Crippen molar-refractivity contribution in [2.24, 2.45) is 11.3 Å². The van der Waals surface area contributed by atoms with E-state index in [1.54, 1.807) is 13.8 Å². The first-order chi connectivity index (χ1) is 10.8. The van der Waals surface area contributed by atoms with Crippen molar-refractivity contribution in [3.63, 3.8) is 0 Å². The summed E-state index contributed by atoms with van der Waals surface area (Å²) in [5.41, 5.74) is -1.47. The first-order valence-corrected chi connectivity index (χ1v) is 7.05. The first-order valence-electron chi connectivity index (χ1n) is 7.05. The van der Waals surface area contributed by atoms with Gasteiger partial charge in [-0.15, -0.1) is 0 Å². The molecule has 1 atom stereocenters. The van der Waals surface area contributed by atoms with Crippen molar-refractivity contribution in [2.75, 3.05) is 21.3 Å². The molecule has 0 amide bonds. The van der Waals surface area contributed by atoms with Crippen molar-refractivity contribution in [1.82, 2.24) is 0 Å². The third-order valence-corrected chi connectivity index (χ3v) is 4.17. The Kier molecular flexibility index (Phi) is 5.89. The average Bonchev–Trinajstić information content (AvgIpc) is 2.58. The Morgan fingerprint density at radius 1 is 1.00 bits per heavy atom. The topological polar surface area (TPSA) is 105 Å². The summed E-state index contributed by atoms with van der Waals surface area (Å²) < 4.78 is 18.9. The predicted molar refractivity (Wildman–Crippen MR) is 75.7 cm³/mol. The molecular formula is C15H20O8. The molecule has 0 aromatic heterocycles. The second-order valence-corrected chi connectivity index (χ2v) is 4.93. The minimum absolute atomic E-state index is 0.188. The van der Waals surface area contributed by atoms with Crippen LogP contribution in [0.5, 0.6) is 0 Å². The van der Waals surface area contributed by atoms with Crippen LogP contribution in [-0.4, -0.2) is 45.2 Å². The minimum Gasteiger partial charge on any atom is -0.468 e. The molecule has 0 aliphatic carbocycles. The molecule has 0 spiro atoms. The highest BCUT2D eigenvalue weighted by Crippen LogP contribution is 2.49. The average molecular weight is 328 g/mol. The third kappa shape index (κ3) is 2.93. The number of cyclic esters (lactones) is 1. The summed E-state index contributed by atoms with van der Waals surface area (Å²) in [5, 5.41) is 0. The lowest BCUT2D eigenvalue weighted by Crippen LogP contribution is -2.50. The molecular weight excluding hydrogens is 308 g/mol. The van der Waals surface area contributed by atoms with E-state index in [1.165, 1.54) is 0 Å². The lowest BCUT2D eigenvalue weighted by atomic mass is 9.64. The van der Waals surface area contributed by atoms with Crippen LogP contribution in [0.15, 0.2) is 11.3 Å². The van der Waals surface area contributed by atoms with Gasteiger partial charge >= 0.3 is 23.9 Å². The first kappa shape index (κ1) is 18.7. The van der Waals surface area contributed by atoms with Gasteiger partial charge in [0.1, 0.15) is 0 Å². The second kappa shape index (κ2) is 7.26. The number of carbonyl (C=O) groups is 4. The zero-order valence-electron chi connectivity index (χ0n) is 13.8. The van der Waals surface area contributed by atoms with E-state index >= 15 is 0 Å². The number of methoxy groups -OCH3 is 3. The Morgan fingerprint density at radius 3 is 1.91 bits per heavy atom. The molecule has 1 unspecified atom stereocenters. The SMILES string of the molecule is CCC1(CC)C(C(=O)OC)=C(C(=O)OC)OC(=O)C1C(=O)OC. The van der Waals surface area contributed by atoms with Gasteiger partial charge < -0.3 is 18.9 Å². The van der Waals surface area contributed by atoms with Crippen LogP contribution < -0.4 is 0 Å². The fourth-order valence-electron chi connectivity index (χ4n) is 2.89. The fraction of sp³-hybridized carbons (Fsp3) is 0.600. The largest absolute Gasteiger partial charge is 0.468 e. The van der Waals surface area contributed by atoms with E-state index in [0.717, 1.165) is 21.3 Å². The van der Waals surface area contributed by atoms with Gasteiger partial charge in [0.2, 0.25) is 5.76 Å². The smallest absolute Gasteiger partial charge is 0.374 e. The van der Waals surface area contributed by atoms with Gasteiger partial charge in [-0.2, -0.15) is 0 Å². The monoisotopic (exact) mass is 328 g/mol. The van der Waals surface area contributed by atoms with Crippen LogP contribution in [0.2, 0.25) is 0 Å². The van der Waals surface area contributed by atoms with Crippen LogP contribution in [0.25, 0.3) is 0 Å². The molecule has 128 valence electrons. The van der Waals surface area contributed by atoms with Gasteiger partial charge in [-0.05, 0) is 12.8 Å². The number of rotatable bonds is 5. The van der Waals surface area contributed by atoms with E-state index < -0.39 is 41.0 Å². The van der Waals surface area contributed by atoms with Crippen LogP contribution >= 0.6 is 0 Å². The van der Waals surface area contributed by atoms with Gasteiger partial charge in [-0.3, -0.25) is 9.59 Å². The Bertz CT molecular complexity index is 556. The number of carbonyl (C=O) groups excluding carboxylic acids is 4. The zero-order chi connectivity index (χ0) is 17.8. The van der Waals surface area contributed by atoms with Gasteiger partial charge in [0, 0.05) is 5.41 Å². The van der Waals surface area contributed by atoms with Crippen LogP contribution in [0, 0.1) is 11.3 Å². The summed E-state index contributed by atoms with van der Waals surface area (Å²) in [4.78, 5) is 48.6. The Hall–Kier alpha value is -2.38. The molecule has 0 radical (unpaired) electrons. The molecule has 8 nitrogen and oxygen atoms in total. The maximum absolute atomic E-state index is 12.3. The highest BCUT2D eigenvalue weighted by molar-refractivity contribution is 6.08. The van der Waals surface area contributed by atoms with E-state index in [2.05, 4.69) is 9.47 Å². The van der Waals surface area contributed by atoms with Gasteiger partial charge in [0.25, 0.3) is 0 Å². The summed E-state index contributed by atoms with van der Waals surface area (Å²) in [7, 11) is 3.34. The van der Waals surface area contributed by atoms with Gasteiger partial charge in [0.05, 0.1) is 26.9 Å². The summed E-state index contributed by atoms with van der Waals surface area (Å²) in [5.74, 6) is -5.58. The van der Waals surface area contributed by atoms with E-state index in [9.17, 15) is 19.2 Å². The maximum Gasteiger partial charge on any atom is 0.374 e. The van der Waals surface area contributed by atoms with Gasteiger partial charge in [-0.1, -0.05) is 13.8 Å². The highest BCUT2D eigenvalue weighted by atomic mass is 16.6. The lowest BCUT2D eigenvalue weighted by Gasteiger charge is -2.40. The molecule has 0 saturated heterocycles. The van der Waals surface area contributed by atoms with E-state index in [-0.39, 0.29) is 18.4 Å². The molecule has 1 rings (SSSR count). The van der Waals surface area contributed by atoms with Crippen LogP contribution in [0.3, 0.4) is 0 Å². The fourth-order valence-corrected chi connectivity index (χ4v) is 2.89. The molecule has 0 saturated carbocycles. The highest BCUT2D eigenvalue weighted by Gasteiger charge is 2.57. The lowest BCUT2D eigenvalue weighted by molar-refractivity contribution is -0.171. The van der Waals surface area contributed by atoms with E-state index in [1.807, 2.05) is 0 Å². The Balaban J connectivity index is 3.75. The summed E-state index contributed by atoms with van der Waals surface area (Å²) >= 11 is 0. The van der Waals surface area contributed by atoms with Crippen molar-refractivity contribution < 1.29 is 38.1 Å². The van der Waals surface area contributed by atoms with Crippen molar-refractivity contribution in [2.45, 2.75) is 26.7 Å². The molecule has 1 aliphatic heterocycles. The Labute approximate surface area is 133 Å². The molecule has 23 heavy (non-hydrogen) atoms. The second-order valence-electron chi connectivity index (χ2n) is 4.93. The molecule has 1 aliphatic rings. The van der Waals surface area contributed by atoms with E-state index in [0.29, 0.717) is 0 Å². The molecule has 1 heterocycles. The Morgan fingerprint density at radius 2 is 1.52 bits per heavy atom. The molecule has 0 fully saturated rings. The standard InChI is InChI=1S/C15H20O8/c1-6-15(7-2)8(11(16)20-3)10(14(19)22-5)23-13(18)9(15)12(17)21-4/h9H,6-7H2,1-5H3. The molecule has 0 aromatic carbocycles. The zero-order valence-corrected chi connectivity index (χ0v) is 13.8. The number of esters is 4. The predicted octanol–water partition coefficient (Wildman–Crippen LogP) is 0.739. The molecule has 0 bridgehead atoms. The van der Waals surface area contributed by atoms with Crippen LogP contribution in [0.4, 0.5) is 0 Å². The van der Waals surface area contributed by atoms with Crippen molar-refractivity contribution in [3.8, 4) is 0 Å². The molecule has 8 heteroatoms. The normalized spacial score (nSPS) is 19.7. The minimum atomic E-state index is -1.37. The van der Waals surface area contributed by atoms with Crippen molar-refractivity contribution in [3.05, 3.63) is 11.3 Å². The number of ether oxygens (including phenoxy) is 4. The van der Waals surface area contributed by atoms with E-state index in [4.69, 9.17) is 9.47 Å². The van der Waals surface area contributed by atoms with Gasteiger partial charge in [0.15, 0.2) is 5.92 Å².